The number of amides is 1. The number of imidazole rings is 1. The van der Waals surface area contributed by atoms with Crippen molar-refractivity contribution >= 4 is 16.9 Å². The van der Waals surface area contributed by atoms with E-state index in [-0.39, 0.29) is 18.2 Å². The van der Waals surface area contributed by atoms with Gasteiger partial charge in [-0.3, -0.25) is 4.79 Å². The largest absolute Gasteiger partial charge is 0.385 e. The van der Waals surface area contributed by atoms with Crippen LogP contribution in [0.25, 0.3) is 11.0 Å². The van der Waals surface area contributed by atoms with Gasteiger partial charge >= 0.3 is 0 Å². The Labute approximate surface area is 194 Å². The molecule has 7 heteroatoms. The highest BCUT2D eigenvalue weighted by atomic mass is 16.5. The minimum Gasteiger partial charge on any atom is -0.385 e. The summed E-state index contributed by atoms with van der Waals surface area (Å²) >= 11 is 0. The molecule has 0 saturated carbocycles. The average Bonchev–Trinajstić information content (AvgIpc) is 3.23. The second kappa shape index (κ2) is 10.6. The van der Waals surface area contributed by atoms with Gasteiger partial charge in [0.2, 0.25) is 5.91 Å². The van der Waals surface area contributed by atoms with Gasteiger partial charge in [0, 0.05) is 51.7 Å². The van der Waals surface area contributed by atoms with Gasteiger partial charge in [0.25, 0.3) is 0 Å². The first kappa shape index (κ1) is 23.0. The van der Waals surface area contributed by atoms with Crippen molar-refractivity contribution in [3.63, 3.8) is 0 Å². The van der Waals surface area contributed by atoms with Gasteiger partial charge in [0.15, 0.2) is 0 Å². The van der Waals surface area contributed by atoms with E-state index < -0.39 is 6.04 Å². The highest BCUT2D eigenvalue weighted by Crippen LogP contribution is 2.30. The maximum absolute atomic E-state index is 13.1. The van der Waals surface area contributed by atoms with Crippen LogP contribution in [-0.2, 0) is 16.1 Å². The Bertz CT molecular complexity index is 1150. The number of nitriles is 1. The number of methoxy groups -OCH3 is 1. The zero-order valence-electron chi connectivity index (χ0n) is 19.1. The Hall–Kier alpha value is -3.21. The van der Waals surface area contributed by atoms with Crippen LogP contribution in [0.3, 0.4) is 0 Å². The van der Waals surface area contributed by atoms with Gasteiger partial charge in [0.1, 0.15) is 5.82 Å². The number of fused-ring (bicyclic) bond motifs is 1. The molecule has 1 fully saturated rings. The molecule has 1 aliphatic rings. The van der Waals surface area contributed by atoms with Crippen molar-refractivity contribution in [3.8, 4) is 6.07 Å². The number of aromatic nitrogens is 2. The second-order valence-corrected chi connectivity index (χ2v) is 8.68. The second-order valence-electron chi connectivity index (χ2n) is 8.68. The predicted octanol–water partition coefficient (Wildman–Crippen LogP) is 3.74. The number of rotatable bonds is 8. The van der Waals surface area contributed by atoms with Crippen LogP contribution >= 0.6 is 0 Å². The van der Waals surface area contributed by atoms with E-state index in [0.29, 0.717) is 18.7 Å². The summed E-state index contributed by atoms with van der Waals surface area (Å²) in [4.78, 5) is 20.0. The first-order valence-corrected chi connectivity index (χ1v) is 11.6. The molecule has 0 spiro atoms. The zero-order chi connectivity index (χ0) is 23.2. The Morgan fingerprint density at radius 2 is 2.15 bits per heavy atom. The molecule has 2 heterocycles. The number of piperidine rings is 1. The predicted molar refractivity (Wildman–Crippen MR) is 127 cm³/mol. The van der Waals surface area contributed by atoms with Crippen LogP contribution in [-0.4, -0.2) is 47.2 Å². The fourth-order valence-corrected chi connectivity index (χ4v) is 4.70. The molecular weight excluding hydrogens is 414 g/mol. The van der Waals surface area contributed by atoms with Crippen LogP contribution in [0.1, 0.15) is 54.6 Å². The highest BCUT2D eigenvalue weighted by molar-refractivity contribution is 5.78. The normalized spacial score (nSPS) is 17.1. The first-order chi connectivity index (χ1) is 16.1. The van der Waals surface area contributed by atoms with Crippen molar-refractivity contribution in [1.82, 2.24) is 14.5 Å². The summed E-state index contributed by atoms with van der Waals surface area (Å²) in [6, 6.07) is 17.1. The molecule has 2 N–H and O–H groups in total. The zero-order valence-corrected chi connectivity index (χ0v) is 19.1. The van der Waals surface area contributed by atoms with Gasteiger partial charge in [-0.25, -0.2) is 4.98 Å². The number of carbonyl (C=O) groups excluding carboxylic acids is 1. The van der Waals surface area contributed by atoms with Gasteiger partial charge < -0.3 is 19.9 Å². The lowest BCUT2D eigenvalue weighted by Crippen LogP contribution is -2.40. The van der Waals surface area contributed by atoms with Gasteiger partial charge in [-0.1, -0.05) is 24.3 Å². The van der Waals surface area contributed by atoms with Gasteiger partial charge in [-0.05, 0) is 49.1 Å². The molecule has 4 rings (SSSR count). The topological polar surface area (TPSA) is 97.2 Å². The molecule has 2 atom stereocenters. The maximum Gasteiger partial charge on any atom is 0.224 e. The summed E-state index contributed by atoms with van der Waals surface area (Å²) in [6.45, 7) is 2.93. The lowest BCUT2D eigenvalue weighted by molar-refractivity contribution is -0.132. The summed E-state index contributed by atoms with van der Waals surface area (Å²) in [5.74, 6) is 1.29. The Morgan fingerprint density at radius 1 is 1.30 bits per heavy atom. The van der Waals surface area contributed by atoms with Gasteiger partial charge in [-0.15, -0.1) is 0 Å². The molecule has 0 aliphatic carbocycles. The lowest BCUT2D eigenvalue weighted by atomic mass is 9.95. The molecule has 7 nitrogen and oxygen atoms in total. The number of benzene rings is 2. The van der Waals surface area contributed by atoms with Crippen LogP contribution in [0.5, 0.6) is 0 Å². The Balaban J connectivity index is 1.49. The molecule has 1 unspecified atom stereocenters. The molecule has 2 aromatic carbocycles. The van der Waals surface area contributed by atoms with E-state index in [0.717, 1.165) is 54.8 Å². The summed E-state index contributed by atoms with van der Waals surface area (Å²) in [5.41, 5.74) is 9.83. The highest BCUT2D eigenvalue weighted by Gasteiger charge is 2.29. The molecule has 172 valence electrons. The third-order valence-corrected chi connectivity index (χ3v) is 6.39. The number of ether oxygens (including phenoxy) is 1. The smallest absolute Gasteiger partial charge is 0.224 e. The van der Waals surface area contributed by atoms with Crippen LogP contribution in [0.4, 0.5) is 0 Å². The van der Waals surface area contributed by atoms with E-state index in [2.05, 4.69) is 16.7 Å². The number of carbonyl (C=O) groups is 1. The SMILES string of the molecule is COCCCn1c(C2CCCN(C(=O)C[C@H](N)c3cccc(C#N)c3)C2)nc2ccccc21. The van der Waals surface area contributed by atoms with Crippen LogP contribution < -0.4 is 5.73 Å². The average molecular weight is 446 g/mol. The molecule has 1 saturated heterocycles. The third kappa shape index (κ3) is 5.24. The minimum absolute atomic E-state index is 0.0524. The summed E-state index contributed by atoms with van der Waals surface area (Å²) < 4.78 is 7.56. The van der Waals surface area contributed by atoms with Crippen molar-refractivity contribution in [1.29, 1.82) is 5.26 Å². The lowest BCUT2D eigenvalue weighted by Gasteiger charge is -2.33. The molecule has 1 aliphatic heterocycles. The standard InChI is InChI=1S/C26H31N5O2/c1-33-14-6-13-31-24-11-3-2-10-23(24)29-26(31)21-9-5-12-30(18-21)25(32)16-22(28)20-8-4-7-19(15-20)17-27/h2-4,7-8,10-11,15,21-22H,5-6,9,12-14,16,18,28H2,1H3/t21?,22-/m0/s1. The number of hydrogen-bond acceptors (Lipinski definition) is 5. The number of para-hydroxylation sites is 2. The van der Waals surface area contributed by atoms with Crippen molar-refractivity contribution in [3.05, 3.63) is 65.5 Å². The van der Waals surface area contributed by atoms with Crippen molar-refractivity contribution in [2.45, 2.75) is 44.2 Å². The third-order valence-electron chi connectivity index (χ3n) is 6.39. The molecule has 3 aromatic rings. The molecular formula is C26H31N5O2. The van der Waals surface area contributed by atoms with Crippen molar-refractivity contribution < 1.29 is 9.53 Å². The van der Waals surface area contributed by atoms with Crippen LogP contribution in [0.15, 0.2) is 48.5 Å². The molecule has 0 bridgehead atoms. The Morgan fingerprint density at radius 3 is 2.97 bits per heavy atom. The van der Waals surface area contributed by atoms with E-state index in [1.54, 1.807) is 19.2 Å². The van der Waals surface area contributed by atoms with Crippen LogP contribution in [0.2, 0.25) is 0 Å². The van der Waals surface area contributed by atoms with E-state index >= 15 is 0 Å². The fraction of sp³-hybridized carbons (Fsp3) is 0.423. The number of nitrogens with two attached hydrogens (primary N) is 1. The van der Waals surface area contributed by atoms with Crippen LogP contribution in [0, 0.1) is 11.3 Å². The van der Waals surface area contributed by atoms with E-state index in [4.69, 9.17) is 20.7 Å². The van der Waals surface area contributed by atoms with E-state index in [1.807, 2.05) is 35.2 Å². The number of likely N-dealkylation sites (tertiary alicyclic amines) is 1. The fourth-order valence-electron chi connectivity index (χ4n) is 4.70. The molecule has 1 amide bonds. The number of nitrogens with zero attached hydrogens (tertiary/aromatic N) is 4. The summed E-state index contributed by atoms with van der Waals surface area (Å²) in [6.07, 6.45) is 3.09. The summed E-state index contributed by atoms with van der Waals surface area (Å²) in [7, 11) is 1.72. The monoisotopic (exact) mass is 445 g/mol. The molecule has 33 heavy (non-hydrogen) atoms. The number of aryl methyl sites for hydroxylation is 1. The quantitative estimate of drug-likeness (QED) is 0.533. The van der Waals surface area contributed by atoms with Gasteiger partial charge in [0.05, 0.1) is 22.7 Å². The molecule has 0 radical (unpaired) electrons. The van der Waals surface area contributed by atoms with Crippen molar-refractivity contribution in [2.24, 2.45) is 5.73 Å². The maximum atomic E-state index is 13.1. The molecule has 1 aromatic heterocycles. The van der Waals surface area contributed by atoms with Gasteiger partial charge in [-0.2, -0.15) is 5.26 Å². The Kier molecular flexibility index (Phi) is 7.38. The summed E-state index contributed by atoms with van der Waals surface area (Å²) in [5, 5.41) is 9.13. The van der Waals surface area contributed by atoms with E-state index in [1.165, 1.54) is 0 Å². The van der Waals surface area contributed by atoms with E-state index in [9.17, 15) is 4.79 Å². The first-order valence-electron chi connectivity index (χ1n) is 11.6. The van der Waals surface area contributed by atoms with Crippen molar-refractivity contribution in [2.75, 3.05) is 26.8 Å². The minimum atomic E-state index is -0.426. The number of hydrogen-bond donors (Lipinski definition) is 1.